The molecule has 2 rings (SSSR count). The first kappa shape index (κ1) is 23.5. The minimum atomic E-state index is -4.59. The standard InChI is InChI=1S/C20H19ClF3NO5/c1-4-28-19(26)12(2)7-13-5-6-15(29-11-27-3)9-17(13)30-18-16(21)8-14(10-25-18)20(22,23)24/h5-10H,4,11H2,1-3H3/b12-7-. The zero-order chi connectivity index (χ0) is 22.3. The highest BCUT2D eigenvalue weighted by molar-refractivity contribution is 6.31. The maximum Gasteiger partial charge on any atom is 0.417 e. The molecule has 30 heavy (non-hydrogen) atoms. The van der Waals surface area contributed by atoms with Gasteiger partial charge in [0.2, 0.25) is 5.88 Å². The molecular weight excluding hydrogens is 427 g/mol. The number of rotatable bonds is 8. The Bertz CT molecular complexity index is 931. The number of methoxy groups -OCH3 is 1. The van der Waals surface area contributed by atoms with Gasteiger partial charge in [0, 0.05) is 30.5 Å². The van der Waals surface area contributed by atoms with E-state index in [1.54, 1.807) is 26.0 Å². The number of nitrogens with zero attached hydrogens (tertiary/aromatic N) is 1. The topological polar surface area (TPSA) is 66.9 Å². The molecule has 6 nitrogen and oxygen atoms in total. The van der Waals surface area contributed by atoms with Gasteiger partial charge in [0.1, 0.15) is 16.5 Å². The Labute approximate surface area is 176 Å². The smallest absolute Gasteiger partial charge is 0.417 e. The third-order valence-corrected chi connectivity index (χ3v) is 3.91. The van der Waals surface area contributed by atoms with Gasteiger partial charge in [0.05, 0.1) is 12.2 Å². The Kier molecular flexibility index (Phi) is 8.08. The second-order valence-electron chi connectivity index (χ2n) is 5.91. The Morgan fingerprint density at radius 1 is 1.27 bits per heavy atom. The SMILES string of the molecule is CCOC(=O)/C(C)=C\c1ccc(OCOC)cc1Oc1ncc(C(F)(F)F)cc1Cl. The van der Waals surface area contributed by atoms with E-state index in [1.807, 2.05) is 0 Å². The van der Waals surface area contributed by atoms with Crippen LogP contribution in [0, 0.1) is 0 Å². The van der Waals surface area contributed by atoms with Crippen LogP contribution in [-0.2, 0) is 20.4 Å². The molecule has 0 aliphatic heterocycles. The highest BCUT2D eigenvalue weighted by atomic mass is 35.5. The van der Waals surface area contributed by atoms with Gasteiger partial charge in [-0.1, -0.05) is 11.6 Å². The summed E-state index contributed by atoms with van der Waals surface area (Å²) in [5, 5.41) is -0.329. The number of pyridine rings is 1. The lowest BCUT2D eigenvalue weighted by molar-refractivity contribution is -0.139. The van der Waals surface area contributed by atoms with Gasteiger partial charge in [0.15, 0.2) is 6.79 Å². The molecule has 0 fully saturated rings. The molecule has 0 unspecified atom stereocenters. The van der Waals surface area contributed by atoms with Crippen LogP contribution in [0.3, 0.4) is 0 Å². The number of hydrogen-bond donors (Lipinski definition) is 0. The molecule has 0 amide bonds. The number of carbonyl (C=O) groups excluding carboxylic acids is 1. The van der Waals surface area contributed by atoms with E-state index in [0.717, 1.165) is 0 Å². The van der Waals surface area contributed by atoms with E-state index in [0.29, 0.717) is 29.1 Å². The normalized spacial score (nSPS) is 11.9. The third kappa shape index (κ3) is 6.36. The van der Waals surface area contributed by atoms with Crippen LogP contribution in [0.25, 0.3) is 6.08 Å². The molecule has 1 heterocycles. The van der Waals surface area contributed by atoms with Crippen LogP contribution < -0.4 is 9.47 Å². The van der Waals surface area contributed by atoms with Crippen molar-refractivity contribution >= 4 is 23.6 Å². The van der Waals surface area contributed by atoms with E-state index < -0.39 is 17.7 Å². The van der Waals surface area contributed by atoms with Gasteiger partial charge in [-0.05, 0) is 38.1 Å². The van der Waals surface area contributed by atoms with Crippen molar-refractivity contribution in [3.8, 4) is 17.4 Å². The van der Waals surface area contributed by atoms with Gasteiger partial charge in [-0.25, -0.2) is 9.78 Å². The third-order valence-electron chi connectivity index (χ3n) is 3.64. The number of carbonyl (C=O) groups is 1. The van der Waals surface area contributed by atoms with Gasteiger partial charge in [0.25, 0.3) is 0 Å². The van der Waals surface area contributed by atoms with Crippen molar-refractivity contribution in [1.82, 2.24) is 4.98 Å². The maximum absolute atomic E-state index is 12.8. The van der Waals surface area contributed by atoms with E-state index >= 15 is 0 Å². The lowest BCUT2D eigenvalue weighted by Crippen LogP contribution is -2.06. The number of alkyl halides is 3. The van der Waals surface area contributed by atoms with Gasteiger partial charge < -0.3 is 18.9 Å². The fourth-order valence-corrected chi connectivity index (χ4v) is 2.44. The first-order valence-corrected chi connectivity index (χ1v) is 9.05. The predicted molar refractivity (Wildman–Crippen MR) is 104 cm³/mol. The molecule has 0 radical (unpaired) electrons. The van der Waals surface area contributed by atoms with Crippen molar-refractivity contribution in [2.24, 2.45) is 0 Å². The summed E-state index contributed by atoms with van der Waals surface area (Å²) < 4.78 is 59.3. The van der Waals surface area contributed by atoms with Crippen molar-refractivity contribution in [2.75, 3.05) is 20.5 Å². The first-order chi connectivity index (χ1) is 14.2. The van der Waals surface area contributed by atoms with Crippen molar-refractivity contribution in [2.45, 2.75) is 20.0 Å². The molecule has 10 heteroatoms. The van der Waals surface area contributed by atoms with Crippen LogP contribution in [0.2, 0.25) is 5.02 Å². The van der Waals surface area contributed by atoms with Crippen LogP contribution in [0.15, 0.2) is 36.0 Å². The molecular formula is C20H19ClF3NO5. The molecule has 2 aromatic rings. The summed E-state index contributed by atoms with van der Waals surface area (Å²) in [5.41, 5.74) is -0.280. The van der Waals surface area contributed by atoms with E-state index in [4.69, 9.17) is 30.5 Å². The van der Waals surface area contributed by atoms with Crippen LogP contribution in [0.1, 0.15) is 25.0 Å². The summed E-state index contributed by atoms with van der Waals surface area (Å²) in [6.07, 6.45) is -2.47. The molecule has 1 aromatic heterocycles. The molecule has 0 bridgehead atoms. The molecule has 0 saturated heterocycles. The summed E-state index contributed by atoms with van der Waals surface area (Å²) in [6.45, 7) is 3.42. The van der Waals surface area contributed by atoms with Crippen molar-refractivity contribution in [3.63, 3.8) is 0 Å². The fourth-order valence-electron chi connectivity index (χ4n) is 2.24. The molecule has 162 valence electrons. The summed E-state index contributed by atoms with van der Waals surface area (Å²) in [6, 6.07) is 5.40. The van der Waals surface area contributed by atoms with Crippen LogP contribution in [0.5, 0.6) is 17.4 Å². The van der Waals surface area contributed by atoms with Gasteiger partial charge in [-0.3, -0.25) is 0 Å². The second kappa shape index (κ2) is 10.3. The molecule has 0 aliphatic rings. The highest BCUT2D eigenvalue weighted by Gasteiger charge is 2.32. The monoisotopic (exact) mass is 445 g/mol. The summed E-state index contributed by atoms with van der Waals surface area (Å²) in [7, 11) is 1.45. The molecule has 0 spiro atoms. The Balaban J connectivity index is 2.42. The summed E-state index contributed by atoms with van der Waals surface area (Å²) in [5.74, 6) is -0.243. The first-order valence-electron chi connectivity index (χ1n) is 8.67. The molecule has 0 atom stereocenters. The van der Waals surface area contributed by atoms with Gasteiger partial charge >= 0.3 is 12.1 Å². The van der Waals surface area contributed by atoms with E-state index in [-0.39, 0.29) is 30.1 Å². The summed E-state index contributed by atoms with van der Waals surface area (Å²) >= 11 is 5.93. The Morgan fingerprint density at radius 2 is 2.00 bits per heavy atom. The number of aromatic nitrogens is 1. The van der Waals surface area contributed by atoms with Crippen molar-refractivity contribution < 1.29 is 36.9 Å². The molecule has 0 saturated carbocycles. The average molecular weight is 446 g/mol. The number of ether oxygens (including phenoxy) is 4. The van der Waals surface area contributed by atoms with Crippen molar-refractivity contribution in [3.05, 3.63) is 52.2 Å². The molecule has 0 aliphatic carbocycles. The number of halogens is 4. The second-order valence-corrected chi connectivity index (χ2v) is 6.32. The number of hydrogen-bond acceptors (Lipinski definition) is 6. The Hall–Kier alpha value is -2.78. The predicted octanol–water partition coefficient (Wildman–Crippen LogP) is 5.50. The average Bonchev–Trinajstić information content (AvgIpc) is 2.68. The van der Waals surface area contributed by atoms with Crippen LogP contribution in [0.4, 0.5) is 13.2 Å². The largest absolute Gasteiger partial charge is 0.467 e. The van der Waals surface area contributed by atoms with Gasteiger partial charge in [-0.2, -0.15) is 13.2 Å². The summed E-state index contributed by atoms with van der Waals surface area (Å²) in [4.78, 5) is 15.6. The van der Waals surface area contributed by atoms with Crippen molar-refractivity contribution in [1.29, 1.82) is 0 Å². The molecule has 0 N–H and O–H groups in total. The van der Waals surface area contributed by atoms with Crippen LogP contribution >= 0.6 is 11.6 Å². The number of esters is 1. The Morgan fingerprint density at radius 3 is 2.60 bits per heavy atom. The quantitative estimate of drug-likeness (QED) is 0.304. The lowest BCUT2D eigenvalue weighted by Gasteiger charge is -2.14. The lowest BCUT2D eigenvalue weighted by atomic mass is 10.1. The van der Waals surface area contributed by atoms with Gasteiger partial charge in [-0.15, -0.1) is 0 Å². The molecule has 1 aromatic carbocycles. The zero-order valence-corrected chi connectivity index (χ0v) is 17.1. The minimum Gasteiger partial charge on any atom is -0.467 e. The zero-order valence-electron chi connectivity index (χ0n) is 16.4. The van der Waals surface area contributed by atoms with E-state index in [2.05, 4.69) is 4.98 Å². The van der Waals surface area contributed by atoms with Crippen LogP contribution in [-0.4, -0.2) is 31.5 Å². The highest BCUT2D eigenvalue weighted by Crippen LogP contribution is 2.36. The maximum atomic E-state index is 12.8. The fraction of sp³-hybridized carbons (Fsp3) is 0.300. The number of benzene rings is 1. The van der Waals surface area contributed by atoms with E-state index in [1.165, 1.54) is 19.3 Å². The van der Waals surface area contributed by atoms with E-state index in [9.17, 15) is 18.0 Å². The minimum absolute atomic E-state index is 0.0320.